The number of pyridine rings is 1. The van der Waals surface area contributed by atoms with E-state index in [-0.39, 0.29) is 11.8 Å². The maximum atomic E-state index is 11.4. The number of aromatic nitrogens is 1. The maximum Gasteiger partial charge on any atom is 0.222 e. The number of primary amides is 1. The Hall–Kier alpha value is -3.07. The van der Waals surface area contributed by atoms with Crippen molar-refractivity contribution in [3.8, 4) is 6.07 Å². The molecule has 128 valence electrons. The van der Waals surface area contributed by atoms with Gasteiger partial charge in [0.15, 0.2) is 0 Å². The molecule has 3 N–H and O–H groups in total. The van der Waals surface area contributed by atoms with E-state index in [1.807, 2.05) is 0 Å². The molecule has 2 heterocycles. The van der Waals surface area contributed by atoms with Crippen LogP contribution in [0.15, 0.2) is 42.6 Å². The lowest BCUT2D eigenvalue weighted by molar-refractivity contribution is -0.122. The number of piperidine rings is 1. The smallest absolute Gasteiger partial charge is 0.222 e. The Labute approximate surface area is 147 Å². The Morgan fingerprint density at radius 1 is 1.32 bits per heavy atom. The fourth-order valence-electron chi connectivity index (χ4n) is 3.03. The van der Waals surface area contributed by atoms with E-state index >= 15 is 0 Å². The van der Waals surface area contributed by atoms with Crippen LogP contribution in [0.3, 0.4) is 0 Å². The Balaban J connectivity index is 1.58. The quantitative estimate of drug-likeness (QED) is 0.874. The van der Waals surface area contributed by atoms with Crippen molar-refractivity contribution in [2.75, 3.05) is 23.3 Å². The zero-order valence-corrected chi connectivity index (χ0v) is 14.0. The van der Waals surface area contributed by atoms with Gasteiger partial charge in [-0.3, -0.25) is 4.79 Å². The molecule has 0 spiro atoms. The van der Waals surface area contributed by atoms with Crippen LogP contribution in [0.4, 0.5) is 11.5 Å². The first-order chi connectivity index (χ1) is 12.2. The van der Waals surface area contributed by atoms with Crippen LogP contribution >= 0.6 is 0 Å². The minimum Gasteiger partial charge on any atom is -0.371 e. The molecule has 0 saturated carbocycles. The highest BCUT2D eigenvalue weighted by Gasteiger charge is 2.23. The molecule has 6 nitrogen and oxygen atoms in total. The van der Waals surface area contributed by atoms with Crippen molar-refractivity contribution in [1.29, 1.82) is 5.26 Å². The molecule has 1 aromatic heterocycles. The number of anilines is 2. The number of nitrogens with zero attached hydrogens (tertiary/aromatic N) is 3. The van der Waals surface area contributed by atoms with E-state index in [0.29, 0.717) is 18.7 Å². The second kappa shape index (κ2) is 7.67. The molecule has 0 bridgehead atoms. The average molecular weight is 335 g/mol. The van der Waals surface area contributed by atoms with Crippen molar-refractivity contribution in [3.63, 3.8) is 0 Å². The third-order valence-electron chi connectivity index (χ3n) is 4.49. The number of benzene rings is 1. The summed E-state index contributed by atoms with van der Waals surface area (Å²) in [6.07, 6.45) is 3.42. The first-order valence-electron chi connectivity index (χ1n) is 8.39. The van der Waals surface area contributed by atoms with Crippen LogP contribution in [0.25, 0.3) is 0 Å². The third-order valence-corrected chi connectivity index (χ3v) is 4.49. The maximum absolute atomic E-state index is 11.4. The topological polar surface area (TPSA) is 95.0 Å². The highest BCUT2D eigenvalue weighted by molar-refractivity contribution is 5.77. The normalized spacial score (nSPS) is 16.9. The fraction of sp³-hybridized carbons (Fsp3) is 0.316. The van der Waals surface area contributed by atoms with E-state index in [0.717, 1.165) is 36.5 Å². The second-order valence-corrected chi connectivity index (χ2v) is 6.25. The zero-order valence-electron chi connectivity index (χ0n) is 14.0. The first-order valence-corrected chi connectivity index (χ1v) is 8.39. The monoisotopic (exact) mass is 335 g/mol. The lowest BCUT2D eigenvalue weighted by Crippen LogP contribution is -2.41. The van der Waals surface area contributed by atoms with E-state index < -0.39 is 0 Å². The summed E-state index contributed by atoms with van der Waals surface area (Å²) in [7, 11) is 0. The Morgan fingerprint density at radius 2 is 2.12 bits per heavy atom. The van der Waals surface area contributed by atoms with E-state index in [1.165, 1.54) is 0 Å². The van der Waals surface area contributed by atoms with Gasteiger partial charge in [0, 0.05) is 31.5 Å². The van der Waals surface area contributed by atoms with Gasteiger partial charge in [-0.2, -0.15) is 5.26 Å². The van der Waals surface area contributed by atoms with Crippen LogP contribution in [0.1, 0.15) is 24.0 Å². The number of amides is 1. The summed E-state index contributed by atoms with van der Waals surface area (Å²) in [6.45, 7) is 2.31. The van der Waals surface area contributed by atoms with E-state index in [9.17, 15) is 4.79 Å². The number of hydrogen-bond acceptors (Lipinski definition) is 5. The SMILES string of the molecule is N#Cc1ccc(NCc2ccc(N3CCCC(C(N)=O)C3)cc2)nc1. The van der Waals surface area contributed by atoms with Gasteiger partial charge in [-0.15, -0.1) is 0 Å². The van der Waals surface area contributed by atoms with Crippen molar-refractivity contribution < 1.29 is 4.79 Å². The van der Waals surface area contributed by atoms with Gasteiger partial charge < -0.3 is 16.0 Å². The van der Waals surface area contributed by atoms with Crippen LogP contribution in [0.5, 0.6) is 0 Å². The van der Waals surface area contributed by atoms with Crippen LogP contribution in [0.2, 0.25) is 0 Å². The van der Waals surface area contributed by atoms with E-state index in [2.05, 4.69) is 45.5 Å². The van der Waals surface area contributed by atoms with Crippen molar-refractivity contribution in [2.45, 2.75) is 19.4 Å². The van der Waals surface area contributed by atoms with E-state index in [1.54, 1.807) is 18.3 Å². The fourth-order valence-corrected chi connectivity index (χ4v) is 3.03. The van der Waals surface area contributed by atoms with Gasteiger partial charge in [-0.1, -0.05) is 12.1 Å². The zero-order chi connectivity index (χ0) is 17.6. The van der Waals surface area contributed by atoms with Gasteiger partial charge in [0.2, 0.25) is 5.91 Å². The summed E-state index contributed by atoms with van der Waals surface area (Å²) in [5.74, 6) is 0.474. The van der Waals surface area contributed by atoms with Gasteiger partial charge in [0.25, 0.3) is 0 Å². The number of nitrogens with one attached hydrogen (secondary N) is 1. The molecule has 25 heavy (non-hydrogen) atoms. The number of rotatable bonds is 5. The van der Waals surface area contributed by atoms with Gasteiger partial charge in [0.05, 0.1) is 11.5 Å². The van der Waals surface area contributed by atoms with Crippen molar-refractivity contribution in [1.82, 2.24) is 4.98 Å². The molecule has 0 radical (unpaired) electrons. The predicted molar refractivity (Wildman–Crippen MR) is 96.9 cm³/mol. The number of hydrogen-bond donors (Lipinski definition) is 2. The summed E-state index contributed by atoms with van der Waals surface area (Å²) in [6, 6.07) is 13.9. The molecule has 2 aromatic rings. The standard InChI is InChI=1S/C19H21N5O/c20-10-15-5-8-18(23-12-15)22-11-14-3-6-17(7-4-14)24-9-1-2-16(13-24)19(21)25/h3-8,12,16H,1-2,9,11,13H2,(H2,21,25)(H,22,23). The van der Waals surface area contributed by atoms with Gasteiger partial charge in [-0.25, -0.2) is 4.98 Å². The molecule has 1 saturated heterocycles. The van der Waals surface area contributed by atoms with Gasteiger partial charge in [0.1, 0.15) is 11.9 Å². The molecular formula is C19H21N5O. The highest BCUT2D eigenvalue weighted by Crippen LogP contribution is 2.23. The largest absolute Gasteiger partial charge is 0.371 e. The molecular weight excluding hydrogens is 314 g/mol. The average Bonchev–Trinajstić information content (AvgIpc) is 2.67. The lowest BCUT2D eigenvalue weighted by atomic mass is 9.97. The van der Waals surface area contributed by atoms with Gasteiger partial charge >= 0.3 is 0 Å². The summed E-state index contributed by atoms with van der Waals surface area (Å²) in [4.78, 5) is 17.8. The Bertz CT molecular complexity index is 764. The van der Waals surface area contributed by atoms with Crippen molar-refractivity contribution in [3.05, 3.63) is 53.7 Å². The summed E-state index contributed by atoms with van der Waals surface area (Å²) >= 11 is 0. The third kappa shape index (κ3) is 4.27. The van der Waals surface area contributed by atoms with E-state index in [4.69, 9.17) is 11.0 Å². The number of carbonyl (C=O) groups excluding carboxylic acids is 1. The van der Waals surface area contributed by atoms with Gasteiger partial charge in [-0.05, 0) is 42.7 Å². The summed E-state index contributed by atoms with van der Waals surface area (Å²) < 4.78 is 0. The van der Waals surface area contributed by atoms with Crippen LogP contribution < -0.4 is 16.0 Å². The number of nitrogens with two attached hydrogens (primary N) is 1. The molecule has 0 aliphatic carbocycles. The van der Waals surface area contributed by atoms with Crippen molar-refractivity contribution >= 4 is 17.4 Å². The highest BCUT2D eigenvalue weighted by atomic mass is 16.1. The summed E-state index contributed by atoms with van der Waals surface area (Å²) in [5.41, 5.74) is 8.25. The molecule has 1 fully saturated rings. The minimum atomic E-state index is -0.208. The molecule has 6 heteroatoms. The lowest BCUT2D eigenvalue weighted by Gasteiger charge is -2.33. The Morgan fingerprint density at radius 3 is 2.76 bits per heavy atom. The second-order valence-electron chi connectivity index (χ2n) is 6.25. The molecule has 1 unspecified atom stereocenters. The molecule has 1 atom stereocenters. The number of carbonyl (C=O) groups is 1. The first kappa shape index (κ1) is 16.8. The Kier molecular flexibility index (Phi) is 5.14. The van der Waals surface area contributed by atoms with Crippen LogP contribution in [0, 0.1) is 17.2 Å². The van der Waals surface area contributed by atoms with Crippen LogP contribution in [-0.2, 0) is 11.3 Å². The number of nitriles is 1. The molecule has 1 aliphatic rings. The van der Waals surface area contributed by atoms with Crippen molar-refractivity contribution in [2.24, 2.45) is 11.7 Å². The summed E-state index contributed by atoms with van der Waals surface area (Å²) in [5, 5.41) is 12.0. The van der Waals surface area contributed by atoms with Crippen LogP contribution in [-0.4, -0.2) is 24.0 Å². The molecule has 1 amide bonds. The molecule has 1 aromatic carbocycles. The minimum absolute atomic E-state index is 0.0578. The molecule has 1 aliphatic heterocycles. The predicted octanol–water partition coefficient (Wildman–Crippen LogP) is 2.27. The molecule has 3 rings (SSSR count).